The molecular weight excluding hydrogens is 190 g/mol. The van der Waals surface area contributed by atoms with Gasteiger partial charge in [-0.25, -0.2) is 4.98 Å². The molecule has 0 aliphatic rings. The smallest absolute Gasteiger partial charge is 0.142 e. The van der Waals surface area contributed by atoms with Crippen molar-refractivity contribution in [3.8, 4) is 6.07 Å². The highest BCUT2D eigenvalue weighted by atomic mass is 16.3. The Hall–Kier alpha value is -1.60. The number of nitrogens with zero attached hydrogens (tertiary/aromatic N) is 2. The van der Waals surface area contributed by atoms with Crippen molar-refractivity contribution in [2.45, 2.75) is 13.8 Å². The Kier molecular flexibility index (Phi) is 3.64. The van der Waals surface area contributed by atoms with Crippen LogP contribution >= 0.6 is 0 Å². The lowest BCUT2D eigenvalue weighted by molar-refractivity contribution is 0.170. The molecule has 0 amide bonds. The zero-order valence-corrected chi connectivity index (χ0v) is 8.99. The van der Waals surface area contributed by atoms with E-state index in [1.807, 2.05) is 19.9 Å². The van der Waals surface area contributed by atoms with Crippen molar-refractivity contribution in [3.63, 3.8) is 0 Å². The van der Waals surface area contributed by atoms with E-state index in [1.165, 1.54) is 0 Å². The zero-order valence-electron chi connectivity index (χ0n) is 8.99. The van der Waals surface area contributed by atoms with Crippen molar-refractivity contribution in [1.29, 1.82) is 5.26 Å². The van der Waals surface area contributed by atoms with E-state index in [4.69, 9.17) is 10.4 Å². The Labute approximate surface area is 89.6 Å². The molecule has 0 aliphatic carbocycles. The summed E-state index contributed by atoms with van der Waals surface area (Å²) in [5.41, 5.74) is 0.200. The molecule has 4 heteroatoms. The van der Waals surface area contributed by atoms with Crippen molar-refractivity contribution in [1.82, 2.24) is 4.98 Å². The summed E-state index contributed by atoms with van der Waals surface area (Å²) in [6.07, 6.45) is 0. The first kappa shape index (κ1) is 11.5. The average molecular weight is 205 g/mol. The second-order valence-electron chi connectivity index (χ2n) is 4.20. The van der Waals surface area contributed by atoms with E-state index in [1.54, 1.807) is 18.2 Å². The molecule has 0 radical (unpaired) electrons. The first-order chi connectivity index (χ1) is 7.07. The molecule has 0 spiro atoms. The van der Waals surface area contributed by atoms with E-state index in [0.717, 1.165) is 0 Å². The fourth-order valence-electron chi connectivity index (χ4n) is 0.981. The number of hydrogen-bond donors (Lipinski definition) is 2. The Morgan fingerprint density at radius 2 is 2.27 bits per heavy atom. The van der Waals surface area contributed by atoms with Gasteiger partial charge in [-0.15, -0.1) is 0 Å². The maximum Gasteiger partial charge on any atom is 0.142 e. The van der Waals surface area contributed by atoms with Crippen molar-refractivity contribution in [3.05, 3.63) is 23.9 Å². The van der Waals surface area contributed by atoms with Gasteiger partial charge >= 0.3 is 0 Å². The molecule has 15 heavy (non-hydrogen) atoms. The molecule has 0 saturated heterocycles. The van der Waals surface area contributed by atoms with Crippen molar-refractivity contribution >= 4 is 5.82 Å². The van der Waals surface area contributed by atoms with Crippen molar-refractivity contribution < 1.29 is 5.11 Å². The van der Waals surface area contributed by atoms with Crippen LogP contribution in [0.1, 0.15) is 19.5 Å². The summed E-state index contributed by atoms with van der Waals surface area (Å²) in [6, 6.07) is 7.21. The minimum atomic E-state index is -0.190. The molecule has 0 atom stereocenters. The monoisotopic (exact) mass is 205 g/mol. The highest BCUT2D eigenvalue weighted by molar-refractivity contribution is 5.38. The maximum atomic E-state index is 9.06. The molecule has 0 saturated carbocycles. The number of hydrogen-bond acceptors (Lipinski definition) is 4. The average Bonchev–Trinajstić information content (AvgIpc) is 2.27. The first-order valence-electron chi connectivity index (χ1n) is 4.79. The van der Waals surface area contributed by atoms with Crippen LogP contribution < -0.4 is 5.32 Å². The van der Waals surface area contributed by atoms with E-state index in [-0.39, 0.29) is 12.0 Å². The van der Waals surface area contributed by atoms with Gasteiger partial charge in [-0.1, -0.05) is 19.9 Å². The van der Waals surface area contributed by atoms with Crippen LogP contribution in [0, 0.1) is 16.7 Å². The van der Waals surface area contributed by atoms with E-state index < -0.39 is 0 Å². The minimum Gasteiger partial charge on any atom is -0.396 e. The highest BCUT2D eigenvalue weighted by Gasteiger charge is 2.15. The second kappa shape index (κ2) is 4.76. The summed E-state index contributed by atoms with van der Waals surface area (Å²) in [5.74, 6) is 0.663. The fourth-order valence-corrected chi connectivity index (χ4v) is 0.981. The van der Waals surface area contributed by atoms with Gasteiger partial charge in [0.25, 0.3) is 0 Å². The Bertz CT molecular complexity index is 368. The molecule has 0 aromatic carbocycles. The fraction of sp³-hybridized carbons (Fsp3) is 0.455. The number of aliphatic hydroxyl groups excluding tert-OH is 1. The SMILES string of the molecule is CC(C)(CO)CNc1cccc(C#N)n1. The lowest BCUT2D eigenvalue weighted by atomic mass is 9.95. The van der Waals surface area contributed by atoms with Gasteiger partial charge in [0.2, 0.25) is 0 Å². The highest BCUT2D eigenvalue weighted by Crippen LogP contribution is 2.14. The largest absolute Gasteiger partial charge is 0.396 e. The summed E-state index contributed by atoms with van der Waals surface area (Å²) in [6.45, 7) is 4.63. The standard InChI is InChI=1S/C11H15N3O/c1-11(2,8-15)7-13-10-5-3-4-9(6-12)14-10/h3-5,15H,7-8H2,1-2H3,(H,13,14). The molecule has 0 bridgehead atoms. The maximum absolute atomic E-state index is 9.06. The molecule has 0 fully saturated rings. The molecule has 1 rings (SSSR count). The minimum absolute atomic E-state index is 0.109. The molecule has 1 aromatic heterocycles. The third-order valence-electron chi connectivity index (χ3n) is 2.04. The predicted octanol–water partition coefficient (Wildman–Crippen LogP) is 1.38. The number of nitrogens with one attached hydrogen (secondary N) is 1. The number of nitriles is 1. The number of aromatic nitrogens is 1. The number of rotatable bonds is 4. The van der Waals surface area contributed by atoms with Gasteiger partial charge in [-0.3, -0.25) is 0 Å². The van der Waals surface area contributed by atoms with Crippen LogP contribution in [-0.2, 0) is 0 Å². The van der Waals surface area contributed by atoms with Gasteiger partial charge < -0.3 is 10.4 Å². The third kappa shape index (κ3) is 3.56. The van der Waals surface area contributed by atoms with Gasteiger partial charge in [0, 0.05) is 18.6 Å². The summed E-state index contributed by atoms with van der Waals surface area (Å²) in [7, 11) is 0. The van der Waals surface area contributed by atoms with Crippen LogP contribution in [0.5, 0.6) is 0 Å². The lowest BCUT2D eigenvalue weighted by Crippen LogP contribution is -2.27. The van der Waals surface area contributed by atoms with E-state index in [2.05, 4.69) is 10.3 Å². The van der Waals surface area contributed by atoms with Crippen LogP contribution in [0.2, 0.25) is 0 Å². The van der Waals surface area contributed by atoms with Gasteiger partial charge in [0.05, 0.1) is 0 Å². The first-order valence-corrected chi connectivity index (χ1v) is 4.79. The second-order valence-corrected chi connectivity index (χ2v) is 4.20. The van der Waals surface area contributed by atoms with Crippen molar-refractivity contribution in [2.75, 3.05) is 18.5 Å². The molecule has 80 valence electrons. The van der Waals surface area contributed by atoms with Crippen LogP contribution in [0.4, 0.5) is 5.82 Å². The van der Waals surface area contributed by atoms with Crippen LogP contribution in [0.3, 0.4) is 0 Å². The Morgan fingerprint density at radius 1 is 1.53 bits per heavy atom. The van der Waals surface area contributed by atoms with Crippen molar-refractivity contribution in [2.24, 2.45) is 5.41 Å². The van der Waals surface area contributed by atoms with Gasteiger partial charge in [0.1, 0.15) is 17.6 Å². The molecule has 1 aromatic rings. The van der Waals surface area contributed by atoms with E-state index in [0.29, 0.717) is 18.1 Å². The number of anilines is 1. The lowest BCUT2D eigenvalue weighted by Gasteiger charge is -2.22. The van der Waals surface area contributed by atoms with Gasteiger partial charge in [-0.05, 0) is 12.1 Å². The van der Waals surface area contributed by atoms with Crippen LogP contribution in [0.15, 0.2) is 18.2 Å². The summed E-state index contributed by atoms with van der Waals surface area (Å²) in [5, 5.41) is 20.8. The molecular formula is C11H15N3O. The zero-order chi connectivity index (χ0) is 11.3. The Balaban J connectivity index is 2.62. The van der Waals surface area contributed by atoms with E-state index in [9.17, 15) is 0 Å². The molecule has 4 nitrogen and oxygen atoms in total. The summed E-state index contributed by atoms with van der Waals surface area (Å²) >= 11 is 0. The molecule has 1 heterocycles. The molecule has 0 aliphatic heterocycles. The van der Waals surface area contributed by atoms with Gasteiger partial charge in [-0.2, -0.15) is 5.26 Å². The topological polar surface area (TPSA) is 68.9 Å². The van der Waals surface area contributed by atoms with Gasteiger partial charge in [0.15, 0.2) is 0 Å². The predicted molar refractivity (Wildman–Crippen MR) is 58.3 cm³/mol. The third-order valence-corrected chi connectivity index (χ3v) is 2.04. The number of pyridine rings is 1. The summed E-state index contributed by atoms with van der Waals surface area (Å²) < 4.78 is 0. The van der Waals surface area contributed by atoms with Crippen LogP contribution in [-0.4, -0.2) is 23.2 Å². The summed E-state index contributed by atoms with van der Waals surface area (Å²) in [4.78, 5) is 4.07. The Morgan fingerprint density at radius 3 is 2.87 bits per heavy atom. The molecule has 2 N–H and O–H groups in total. The van der Waals surface area contributed by atoms with E-state index >= 15 is 0 Å². The normalized spacial score (nSPS) is 10.8. The molecule has 0 unspecified atom stereocenters. The van der Waals surface area contributed by atoms with Crippen LogP contribution in [0.25, 0.3) is 0 Å². The quantitative estimate of drug-likeness (QED) is 0.779. The number of aliphatic hydroxyl groups is 1.